The van der Waals surface area contributed by atoms with Crippen molar-refractivity contribution >= 4 is 0 Å². The van der Waals surface area contributed by atoms with E-state index in [4.69, 9.17) is 9.47 Å². The number of aromatic nitrogens is 2. The second-order valence-corrected chi connectivity index (χ2v) is 4.84. The van der Waals surface area contributed by atoms with Gasteiger partial charge >= 0.3 is 0 Å². The van der Waals surface area contributed by atoms with E-state index in [1.54, 1.807) is 11.8 Å². The van der Waals surface area contributed by atoms with Gasteiger partial charge in [-0.25, -0.2) is 0 Å². The molecule has 0 bridgehead atoms. The van der Waals surface area contributed by atoms with Gasteiger partial charge in [-0.15, -0.1) is 0 Å². The number of nitrogens with zero attached hydrogens (tertiary/aromatic N) is 2. The summed E-state index contributed by atoms with van der Waals surface area (Å²) in [5, 5.41) is 15.1. The Balaban J connectivity index is 2.27. The van der Waals surface area contributed by atoms with Gasteiger partial charge in [0.1, 0.15) is 18.5 Å². The van der Waals surface area contributed by atoms with Crippen molar-refractivity contribution in [1.82, 2.24) is 9.78 Å². The number of hydrogen-bond donors (Lipinski definition) is 1. The molecule has 1 N–H and O–H groups in total. The number of aliphatic hydroxyl groups is 1. The number of hydrogen-bond acceptors (Lipinski definition) is 4. The van der Waals surface area contributed by atoms with Crippen molar-refractivity contribution in [2.75, 3.05) is 20.3 Å². The van der Waals surface area contributed by atoms with Crippen LogP contribution in [0.5, 0.6) is 5.75 Å². The summed E-state index contributed by atoms with van der Waals surface area (Å²) in [6, 6.07) is 7.52. The molecule has 1 unspecified atom stereocenters. The normalized spacial score (nSPS) is 12.4. The average molecular weight is 290 g/mol. The fourth-order valence-electron chi connectivity index (χ4n) is 2.30. The Morgan fingerprint density at radius 1 is 1.24 bits per heavy atom. The maximum Gasteiger partial charge on any atom is 0.125 e. The number of ether oxygens (including phenoxy) is 2. The number of aliphatic hydroxyl groups excluding tert-OH is 1. The van der Waals surface area contributed by atoms with E-state index in [-0.39, 0.29) is 0 Å². The molecule has 0 radical (unpaired) electrons. The van der Waals surface area contributed by atoms with Gasteiger partial charge in [-0.2, -0.15) is 5.10 Å². The number of methoxy groups -OCH3 is 1. The Bertz CT molecular complexity index is 581. The fourth-order valence-corrected chi connectivity index (χ4v) is 2.30. The lowest BCUT2D eigenvalue weighted by Gasteiger charge is -2.16. The summed E-state index contributed by atoms with van der Waals surface area (Å²) in [6.07, 6.45) is 1.89. The fraction of sp³-hybridized carbons (Fsp3) is 0.438. The number of aryl methyl sites for hydroxylation is 2. The lowest BCUT2D eigenvalue weighted by molar-refractivity contribution is 0.142. The molecule has 0 aliphatic carbocycles. The zero-order valence-corrected chi connectivity index (χ0v) is 12.7. The third kappa shape index (κ3) is 3.62. The maximum atomic E-state index is 10.7. The quantitative estimate of drug-likeness (QED) is 0.793. The van der Waals surface area contributed by atoms with Gasteiger partial charge in [-0.3, -0.25) is 4.68 Å². The van der Waals surface area contributed by atoms with Crippen LogP contribution in [-0.2, 0) is 18.2 Å². The molecule has 1 atom stereocenters. The first-order valence-electron chi connectivity index (χ1n) is 7.08. The summed E-state index contributed by atoms with van der Waals surface area (Å²) in [7, 11) is 3.49. The van der Waals surface area contributed by atoms with Crippen molar-refractivity contribution < 1.29 is 14.6 Å². The van der Waals surface area contributed by atoms with Crippen molar-refractivity contribution in [1.29, 1.82) is 0 Å². The van der Waals surface area contributed by atoms with Crippen LogP contribution in [0.3, 0.4) is 0 Å². The largest absolute Gasteiger partial charge is 0.491 e. The Hall–Kier alpha value is -1.85. The Morgan fingerprint density at radius 3 is 2.71 bits per heavy atom. The second kappa shape index (κ2) is 7.24. The number of benzene rings is 1. The van der Waals surface area contributed by atoms with Crippen LogP contribution in [0.2, 0.25) is 0 Å². The summed E-state index contributed by atoms with van der Waals surface area (Å²) in [6.45, 7) is 2.99. The smallest absolute Gasteiger partial charge is 0.125 e. The molecular weight excluding hydrogens is 268 g/mol. The average Bonchev–Trinajstić information content (AvgIpc) is 2.88. The lowest BCUT2D eigenvalue weighted by Crippen LogP contribution is -2.09. The molecule has 0 amide bonds. The van der Waals surface area contributed by atoms with Gasteiger partial charge in [-0.1, -0.05) is 25.1 Å². The maximum absolute atomic E-state index is 10.7. The monoisotopic (exact) mass is 290 g/mol. The summed E-state index contributed by atoms with van der Waals surface area (Å²) in [5.74, 6) is 0.674. The summed E-state index contributed by atoms with van der Waals surface area (Å²) in [5.41, 5.74) is 2.47. The summed E-state index contributed by atoms with van der Waals surface area (Å²) in [4.78, 5) is 0. The van der Waals surface area contributed by atoms with Crippen LogP contribution in [0.4, 0.5) is 0 Å². The van der Waals surface area contributed by atoms with Crippen LogP contribution >= 0.6 is 0 Å². The second-order valence-electron chi connectivity index (χ2n) is 4.84. The summed E-state index contributed by atoms with van der Waals surface area (Å²) >= 11 is 0. The van der Waals surface area contributed by atoms with Crippen LogP contribution < -0.4 is 4.74 Å². The number of rotatable bonds is 7. The van der Waals surface area contributed by atoms with E-state index in [0.717, 1.165) is 23.2 Å². The third-order valence-corrected chi connectivity index (χ3v) is 3.33. The van der Waals surface area contributed by atoms with Gasteiger partial charge < -0.3 is 14.6 Å². The highest BCUT2D eigenvalue weighted by molar-refractivity contribution is 5.41. The highest BCUT2D eigenvalue weighted by Crippen LogP contribution is 2.31. The van der Waals surface area contributed by atoms with Crippen molar-refractivity contribution in [2.45, 2.75) is 19.4 Å². The van der Waals surface area contributed by atoms with E-state index in [1.807, 2.05) is 44.4 Å². The van der Waals surface area contributed by atoms with Gasteiger partial charge in [0, 0.05) is 31.5 Å². The lowest BCUT2D eigenvalue weighted by atomic mass is 10.0. The Labute approximate surface area is 125 Å². The van der Waals surface area contributed by atoms with E-state index in [2.05, 4.69) is 5.10 Å². The molecule has 0 fully saturated rings. The van der Waals surface area contributed by atoms with E-state index < -0.39 is 6.10 Å². The molecule has 2 rings (SSSR count). The van der Waals surface area contributed by atoms with E-state index in [1.165, 1.54) is 0 Å². The van der Waals surface area contributed by atoms with Gasteiger partial charge in [0.05, 0.1) is 12.3 Å². The minimum Gasteiger partial charge on any atom is -0.491 e. The van der Waals surface area contributed by atoms with Gasteiger partial charge in [0.25, 0.3) is 0 Å². The molecule has 1 heterocycles. The SMILES string of the molecule is CCc1nn(C)cc1C(O)c1ccccc1OCCOC. The van der Waals surface area contributed by atoms with Crippen LogP contribution in [0, 0.1) is 0 Å². The predicted octanol–water partition coefficient (Wildman–Crippen LogP) is 2.09. The predicted molar refractivity (Wildman–Crippen MR) is 80.5 cm³/mol. The van der Waals surface area contributed by atoms with E-state index in [9.17, 15) is 5.11 Å². The topological polar surface area (TPSA) is 56.5 Å². The first-order valence-corrected chi connectivity index (χ1v) is 7.08. The van der Waals surface area contributed by atoms with Crippen molar-refractivity contribution in [3.63, 3.8) is 0 Å². The van der Waals surface area contributed by atoms with Crippen LogP contribution in [0.15, 0.2) is 30.5 Å². The third-order valence-electron chi connectivity index (χ3n) is 3.33. The Kier molecular flexibility index (Phi) is 5.36. The van der Waals surface area contributed by atoms with Crippen LogP contribution in [0.25, 0.3) is 0 Å². The molecule has 0 aliphatic rings. The Morgan fingerprint density at radius 2 is 2.00 bits per heavy atom. The van der Waals surface area contributed by atoms with Crippen molar-refractivity contribution in [3.8, 4) is 5.75 Å². The van der Waals surface area contributed by atoms with Crippen LogP contribution in [-0.4, -0.2) is 35.2 Å². The molecule has 1 aromatic carbocycles. The molecule has 2 aromatic rings. The first kappa shape index (κ1) is 15.5. The molecule has 0 aliphatic heterocycles. The molecular formula is C16H22N2O3. The molecule has 114 valence electrons. The van der Waals surface area contributed by atoms with E-state index >= 15 is 0 Å². The van der Waals surface area contributed by atoms with Crippen molar-refractivity contribution in [3.05, 3.63) is 47.3 Å². The molecule has 0 spiro atoms. The summed E-state index contributed by atoms with van der Waals surface area (Å²) < 4.78 is 12.4. The molecule has 0 saturated carbocycles. The first-order chi connectivity index (χ1) is 10.2. The molecule has 0 saturated heterocycles. The van der Waals surface area contributed by atoms with Gasteiger partial charge in [0.2, 0.25) is 0 Å². The highest BCUT2D eigenvalue weighted by atomic mass is 16.5. The van der Waals surface area contributed by atoms with Crippen LogP contribution in [0.1, 0.15) is 29.8 Å². The highest BCUT2D eigenvalue weighted by Gasteiger charge is 2.20. The minimum atomic E-state index is -0.743. The zero-order valence-electron chi connectivity index (χ0n) is 12.7. The molecule has 5 heteroatoms. The molecule has 1 aromatic heterocycles. The van der Waals surface area contributed by atoms with Gasteiger partial charge in [0.15, 0.2) is 0 Å². The van der Waals surface area contributed by atoms with E-state index in [0.29, 0.717) is 19.0 Å². The van der Waals surface area contributed by atoms with Gasteiger partial charge in [-0.05, 0) is 12.5 Å². The molecule has 21 heavy (non-hydrogen) atoms. The number of para-hydroxylation sites is 1. The minimum absolute atomic E-state index is 0.452. The zero-order chi connectivity index (χ0) is 15.2. The molecule has 5 nitrogen and oxygen atoms in total. The van der Waals surface area contributed by atoms with Crippen molar-refractivity contribution in [2.24, 2.45) is 7.05 Å². The standard InChI is InChI=1S/C16H22N2O3/c1-4-14-13(11-18(2)17-14)16(19)12-7-5-6-8-15(12)21-10-9-20-3/h5-8,11,16,19H,4,9-10H2,1-3H3.